The van der Waals surface area contributed by atoms with E-state index >= 15 is 0 Å². The number of nitrogens with zero attached hydrogens (tertiary/aromatic N) is 2. The number of fused-ring (bicyclic) bond motifs is 1. The van der Waals surface area contributed by atoms with Crippen LogP contribution in [0.1, 0.15) is 25.3 Å². The molecule has 4 rings (SSSR count). The second kappa shape index (κ2) is 9.60. The molecule has 0 unspecified atom stereocenters. The van der Waals surface area contributed by atoms with Crippen LogP contribution >= 0.6 is 11.6 Å². The number of ether oxygens (including phenoxy) is 1. The first-order valence-electron chi connectivity index (χ1n) is 10.9. The van der Waals surface area contributed by atoms with Gasteiger partial charge in [0.25, 0.3) is 0 Å². The van der Waals surface area contributed by atoms with Gasteiger partial charge in [0, 0.05) is 30.6 Å². The van der Waals surface area contributed by atoms with Crippen molar-refractivity contribution >= 4 is 29.2 Å². The van der Waals surface area contributed by atoms with E-state index in [1.165, 1.54) is 5.56 Å². The smallest absolute Gasteiger partial charge is 0.324 e. The Morgan fingerprint density at radius 2 is 1.87 bits per heavy atom. The third kappa shape index (κ3) is 5.13. The van der Waals surface area contributed by atoms with E-state index in [9.17, 15) is 9.59 Å². The molecule has 2 heterocycles. The molecule has 0 saturated carbocycles. The van der Waals surface area contributed by atoms with E-state index in [1.807, 2.05) is 30.0 Å². The lowest BCUT2D eigenvalue weighted by molar-refractivity contribution is -0.126. The summed E-state index contributed by atoms with van der Waals surface area (Å²) in [5.74, 6) is 0.703. The maximum absolute atomic E-state index is 13.2. The highest BCUT2D eigenvalue weighted by molar-refractivity contribution is 6.31. The normalized spacial score (nSPS) is 18.8. The number of anilines is 1. The molecule has 2 aliphatic rings. The van der Waals surface area contributed by atoms with Crippen molar-refractivity contribution in [1.82, 2.24) is 10.2 Å². The summed E-state index contributed by atoms with van der Waals surface area (Å²) in [6.45, 7) is 4.19. The minimum Gasteiger partial charge on any atom is -0.487 e. The molecule has 0 aromatic heterocycles. The van der Waals surface area contributed by atoms with Crippen LogP contribution in [0.15, 0.2) is 48.5 Å². The Hall–Kier alpha value is -2.73. The summed E-state index contributed by atoms with van der Waals surface area (Å²) in [5.41, 5.74) is 1.92. The quantitative estimate of drug-likeness (QED) is 0.776. The SMILES string of the molecule is C[C@@H]1CN(C(=O)N2CCC(C(=O)NCCc3ccccc3)CC2)c2cc(Cl)ccc2O1. The molecule has 164 valence electrons. The van der Waals surface area contributed by atoms with Crippen LogP contribution in [-0.2, 0) is 11.2 Å². The molecule has 1 atom stereocenters. The Balaban J connectivity index is 1.30. The molecule has 6 nitrogen and oxygen atoms in total. The molecule has 2 aromatic carbocycles. The molecule has 0 radical (unpaired) electrons. The van der Waals surface area contributed by atoms with Crippen LogP contribution in [0.5, 0.6) is 5.75 Å². The van der Waals surface area contributed by atoms with Gasteiger partial charge in [-0.1, -0.05) is 41.9 Å². The van der Waals surface area contributed by atoms with Gasteiger partial charge in [0.05, 0.1) is 12.2 Å². The van der Waals surface area contributed by atoms with Gasteiger partial charge in [-0.15, -0.1) is 0 Å². The van der Waals surface area contributed by atoms with Crippen molar-refractivity contribution < 1.29 is 14.3 Å². The van der Waals surface area contributed by atoms with E-state index in [2.05, 4.69) is 17.4 Å². The number of hydrogen-bond acceptors (Lipinski definition) is 3. The molecular formula is C24H28ClN3O3. The fourth-order valence-electron chi connectivity index (χ4n) is 4.21. The molecule has 3 amide bonds. The van der Waals surface area contributed by atoms with Gasteiger partial charge in [-0.05, 0) is 49.9 Å². The number of amides is 3. The Bertz CT molecular complexity index is 929. The van der Waals surface area contributed by atoms with Crippen LogP contribution in [0.3, 0.4) is 0 Å². The van der Waals surface area contributed by atoms with Gasteiger partial charge in [0.1, 0.15) is 11.9 Å². The number of rotatable bonds is 4. The highest BCUT2D eigenvalue weighted by Crippen LogP contribution is 2.36. The van der Waals surface area contributed by atoms with Gasteiger partial charge in [-0.3, -0.25) is 9.69 Å². The second-order valence-corrected chi connectivity index (χ2v) is 8.66. The lowest BCUT2D eigenvalue weighted by Crippen LogP contribution is -2.52. The Labute approximate surface area is 188 Å². The monoisotopic (exact) mass is 441 g/mol. The lowest BCUT2D eigenvalue weighted by atomic mass is 9.96. The standard InChI is InChI=1S/C24H28ClN3O3/c1-17-16-28(21-15-20(25)7-8-22(21)31-17)24(30)27-13-10-19(11-14-27)23(29)26-12-9-18-5-3-2-4-6-18/h2-8,15,17,19H,9-14,16H2,1H3,(H,26,29)/t17-/m1/s1. The average molecular weight is 442 g/mol. The van der Waals surface area contributed by atoms with Crippen molar-refractivity contribution in [1.29, 1.82) is 0 Å². The van der Waals surface area contributed by atoms with E-state index in [-0.39, 0.29) is 24.0 Å². The molecule has 0 spiro atoms. The van der Waals surface area contributed by atoms with Gasteiger partial charge in [-0.25, -0.2) is 4.79 Å². The molecule has 0 bridgehead atoms. The predicted molar refractivity (Wildman–Crippen MR) is 122 cm³/mol. The number of benzene rings is 2. The van der Waals surface area contributed by atoms with Crippen LogP contribution in [0, 0.1) is 5.92 Å². The Morgan fingerprint density at radius 1 is 1.13 bits per heavy atom. The van der Waals surface area contributed by atoms with Gasteiger partial charge in [0.2, 0.25) is 5.91 Å². The third-order valence-electron chi connectivity index (χ3n) is 5.90. The van der Waals surface area contributed by atoms with E-state index in [4.69, 9.17) is 16.3 Å². The molecule has 7 heteroatoms. The molecule has 1 saturated heterocycles. The van der Waals surface area contributed by atoms with E-state index in [0.717, 1.165) is 6.42 Å². The van der Waals surface area contributed by atoms with Crippen LogP contribution < -0.4 is 15.0 Å². The van der Waals surface area contributed by atoms with E-state index < -0.39 is 0 Å². The van der Waals surface area contributed by atoms with E-state index in [0.29, 0.717) is 55.5 Å². The van der Waals surface area contributed by atoms with Crippen LogP contribution in [-0.4, -0.2) is 49.1 Å². The molecule has 1 N–H and O–H groups in total. The first-order chi connectivity index (χ1) is 15.0. The fourth-order valence-corrected chi connectivity index (χ4v) is 4.38. The highest BCUT2D eigenvalue weighted by Gasteiger charge is 2.34. The van der Waals surface area contributed by atoms with Crippen molar-refractivity contribution in [2.24, 2.45) is 5.92 Å². The number of halogens is 1. The zero-order valence-corrected chi connectivity index (χ0v) is 18.5. The Morgan fingerprint density at radius 3 is 2.61 bits per heavy atom. The summed E-state index contributed by atoms with van der Waals surface area (Å²) < 4.78 is 5.85. The maximum atomic E-state index is 13.2. The van der Waals surface area contributed by atoms with Crippen molar-refractivity contribution in [3.05, 3.63) is 59.1 Å². The van der Waals surface area contributed by atoms with Crippen molar-refractivity contribution in [3.63, 3.8) is 0 Å². The first kappa shape index (κ1) is 21.5. The summed E-state index contributed by atoms with van der Waals surface area (Å²) in [7, 11) is 0. The third-order valence-corrected chi connectivity index (χ3v) is 6.14. The molecule has 0 aliphatic carbocycles. The van der Waals surface area contributed by atoms with Crippen LogP contribution in [0.2, 0.25) is 5.02 Å². The number of nitrogens with one attached hydrogen (secondary N) is 1. The largest absolute Gasteiger partial charge is 0.487 e. The fraction of sp³-hybridized carbons (Fsp3) is 0.417. The predicted octanol–water partition coefficient (Wildman–Crippen LogP) is 4.12. The molecule has 31 heavy (non-hydrogen) atoms. The van der Waals surface area contributed by atoms with Crippen molar-refractivity contribution in [2.45, 2.75) is 32.3 Å². The number of hydrogen-bond donors (Lipinski definition) is 1. The molecular weight excluding hydrogens is 414 g/mol. The summed E-state index contributed by atoms with van der Waals surface area (Å²) in [6, 6.07) is 15.4. The van der Waals surface area contributed by atoms with Gasteiger partial charge < -0.3 is 15.0 Å². The second-order valence-electron chi connectivity index (χ2n) is 8.22. The number of likely N-dealkylation sites (tertiary alicyclic amines) is 1. The maximum Gasteiger partial charge on any atom is 0.324 e. The number of urea groups is 1. The van der Waals surface area contributed by atoms with Crippen LogP contribution in [0.4, 0.5) is 10.5 Å². The number of piperidine rings is 1. The average Bonchev–Trinajstić information content (AvgIpc) is 2.79. The molecule has 2 aromatic rings. The summed E-state index contributed by atoms with van der Waals surface area (Å²) in [5, 5.41) is 3.62. The minimum atomic E-state index is -0.0921. The molecule has 1 fully saturated rings. The first-order valence-corrected chi connectivity index (χ1v) is 11.2. The van der Waals surface area contributed by atoms with E-state index in [1.54, 1.807) is 23.1 Å². The lowest BCUT2D eigenvalue weighted by Gasteiger charge is -2.39. The molecule has 2 aliphatic heterocycles. The minimum absolute atomic E-state index is 0.0508. The Kier molecular flexibility index (Phi) is 6.66. The highest BCUT2D eigenvalue weighted by atomic mass is 35.5. The van der Waals surface area contributed by atoms with Gasteiger partial charge in [0.15, 0.2) is 0 Å². The number of carbonyl (C=O) groups excluding carboxylic acids is 2. The van der Waals surface area contributed by atoms with Crippen LogP contribution in [0.25, 0.3) is 0 Å². The zero-order valence-electron chi connectivity index (χ0n) is 17.7. The van der Waals surface area contributed by atoms with Gasteiger partial charge >= 0.3 is 6.03 Å². The van der Waals surface area contributed by atoms with Gasteiger partial charge in [-0.2, -0.15) is 0 Å². The number of carbonyl (C=O) groups is 2. The topological polar surface area (TPSA) is 61.9 Å². The zero-order chi connectivity index (χ0) is 21.8. The summed E-state index contributed by atoms with van der Waals surface area (Å²) >= 11 is 6.15. The summed E-state index contributed by atoms with van der Waals surface area (Å²) in [6.07, 6.45) is 2.07. The van der Waals surface area contributed by atoms with Crippen molar-refractivity contribution in [2.75, 3.05) is 31.1 Å². The summed E-state index contributed by atoms with van der Waals surface area (Å²) in [4.78, 5) is 29.4. The van der Waals surface area contributed by atoms with Crippen molar-refractivity contribution in [3.8, 4) is 5.75 Å².